The van der Waals surface area contributed by atoms with Gasteiger partial charge in [-0.2, -0.15) is 18.4 Å². The Morgan fingerprint density at radius 1 is 1.04 bits per heavy atom. The normalized spacial score (nSPS) is 11.1. The predicted molar refractivity (Wildman–Crippen MR) is 85.9 cm³/mol. The SMILES string of the molecule is N#Cc1ccc2cccc(C(=O)Nc3ccc(C(F)(F)F)cc3)c2n1. The van der Waals surface area contributed by atoms with Gasteiger partial charge in [-0.05, 0) is 42.5 Å². The molecule has 7 heteroatoms. The summed E-state index contributed by atoms with van der Waals surface area (Å²) in [5.74, 6) is -0.520. The molecule has 0 fully saturated rings. The number of benzene rings is 2. The largest absolute Gasteiger partial charge is 0.416 e. The first-order valence-corrected chi connectivity index (χ1v) is 7.17. The number of amides is 1. The van der Waals surface area contributed by atoms with Gasteiger partial charge in [-0.25, -0.2) is 4.98 Å². The summed E-state index contributed by atoms with van der Waals surface area (Å²) in [6.45, 7) is 0. The molecule has 0 unspecified atom stereocenters. The number of para-hydroxylation sites is 1. The van der Waals surface area contributed by atoms with E-state index >= 15 is 0 Å². The zero-order valence-electron chi connectivity index (χ0n) is 12.6. The van der Waals surface area contributed by atoms with Crippen LogP contribution in [-0.4, -0.2) is 10.9 Å². The number of fused-ring (bicyclic) bond motifs is 1. The van der Waals surface area contributed by atoms with Crippen LogP contribution in [0.4, 0.5) is 18.9 Å². The minimum absolute atomic E-state index is 0.169. The van der Waals surface area contributed by atoms with Gasteiger partial charge in [0.1, 0.15) is 11.8 Å². The van der Waals surface area contributed by atoms with Crippen LogP contribution in [0.15, 0.2) is 54.6 Å². The third kappa shape index (κ3) is 3.43. The summed E-state index contributed by atoms with van der Waals surface area (Å²) in [5, 5.41) is 12.2. The first kappa shape index (κ1) is 16.5. The number of hydrogen-bond donors (Lipinski definition) is 1. The number of aromatic nitrogens is 1. The first-order valence-electron chi connectivity index (χ1n) is 7.17. The number of anilines is 1. The fourth-order valence-corrected chi connectivity index (χ4v) is 2.33. The highest BCUT2D eigenvalue weighted by Crippen LogP contribution is 2.30. The van der Waals surface area contributed by atoms with Gasteiger partial charge in [0.05, 0.1) is 16.6 Å². The van der Waals surface area contributed by atoms with Gasteiger partial charge >= 0.3 is 6.18 Å². The molecule has 1 amide bonds. The summed E-state index contributed by atoms with van der Waals surface area (Å²) in [4.78, 5) is 16.6. The molecule has 1 aromatic heterocycles. The number of carbonyl (C=O) groups excluding carboxylic acids is 1. The van der Waals surface area contributed by atoms with Gasteiger partial charge in [-0.3, -0.25) is 4.79 Å². The second-order valence-corrected chi connectivity index (χ2v) is 5.21. The van der Waals surface area contributed by atoms with Crippen LogP contribution in [0.2, 0.25) is 0 Å². The van der Waals surface area contributed by atoms with E-state index in [2.05, 4.69) is 10.3 Å². The average molecular weight is 341 g/mol. The van der Waals surface area contributed by atoms with E-state index in [9.17, 15) is 18.0 Å². The molecule has 0 bridgehead atoms. The van der Waals surface area contributed by atoms with Crippen LogP contribution in [0.25, 0.3) is 10.9 Å². The highest BCUT2D eigenvalue weighted by molar-refractivity contribution is 6.11. The smallest absolute Gasteiger partial charge is 0.322 e. The molecule has 3 aromatic rings. The van der Waals surface area contributed by atoms with E-state index in [0.717, 1.165) is 12.1 Å². The zero-order chi connectivity index (χ0) is 18.0. The number of nitrogens with one attached hydrogen (secondary N) is 1. The van der Waals surface area contributed by atoms with Crippen LogP contribution in [0, 0.1) is 11.3 Å². The summed E-state index contributed by atoms with van der Waals surface area (Å²) >= 11 is 0. The van der Waals surface area contributed by atoms with Crippen LogP contribution in [0.3, 0.4) is 0 Å². The van der Waals surface area contributed by atoms with Crippen molar-refractivity contribution < 1.29 is 18.0 Å². The molecule has 0 atom stereocenters. The summed E-state index contributed by atoms with van der Waals surface area (Å²) < 4.78 is 37.7. The van der Waals surface area contributed by atoms with Gasteiger partial charge in [0.15, 0.2) is 0 Å². The highest BCUT2D eigenvalue weighted by atomic mass is 19.4. The van der Waals surface area contributed by atoms with Crippen molar-refractivity contribution in [2.45, 2.75) is 6.18 Å². The van der Waals surface area contributed by atoms with E-state index in [-0.39, 0.29) is 16.9 Å². The summed E-state index contributed by atoms with van der Waals surface area (Å²) in [7, 11) is 0. The van der Waals surface area contributed by atoms with Gasteiger partial charge in [-0.1, -0.05) is 12.1 Å². The minimum Gasteiger partial charge on any atom is -0.322 e. The molecule has 0 aliphatic heterocycles. The van der Waals surface area contributed by atoms with Crippen molar-refractivity contribution in [2.75, 3.05) is 5.32 Å². The standard InChI is InChI=1S/C18H10F3N3O/c19-18(20,21)12-5-8-13(9-6-12)24-17(25)15-3-1-2-11-4-7-14(10-22)23-16(11)15/h1-9H,(H,24,25). The van der Waals surface area contributed by atoms with Gasteiger partial charge in [-0.15, -0.1) is 0 Å². The maximum absolute atomic E-state index is 12.6. The Balaban J connectivity index is 1.91. The molecule has 4 nitrogen and oxygen atoms in total. The minimum atomic E-state index is -4.43. The van der Waals surface area contributed by atoms with Crippen molar-refractivity contribution >= 4 is 22.5 Å². The Labute approximate surface area is 140 Å². The Morgan fingerprint density at radius 2 is 1.76 bits per heavy atom. The lowest BCUT2D eigenvalue weighted by Gasteiger charge is -2.10. The highest BCUT2D eigenvalue weighted by Gasteiger charge is 2.30. The summed E-state index contributed by atoms with van der Waals surface area (Å²) in [6.07, 6.45) is -4.43. The van der Waals surface area contributed by atoms with E-state index in [1.54, 1.807) is 24.3 Å². The predicted octanol–water partition coefficient (Wildman–Crippen LogP) is 4.38. The molecule has 1 heterocycles. The second kappa shape index (κ2) is 6.24. The molecular formula is C18H10F3N3O. The second-order valence-electron chi connectivity index (χ2n) is 5.21. The summed E-state index contributed by atoms with van der Waals surface area (Å²) in [5.41, 5.74) is 0.185. The molecule has 0 saturated heterocycles. The third-order valence-electron chi connectivity index (χ3n) is 3.55. The number of carbonyl (C=O) groups is 1. The fraction of sp³-hybridized carbons (Fsp3) is 0.0556. The van der Waals surface area contributed by atoms with Gasteiger partial charge in [0.25, 0.3) is 5.91 Å². The molecule has 25 heavy (non-hydrogen) atoms. The van der Waals surface area contributed by atoms with E-state index in [1.807, 2.05) is 6.07 Å². The van der Waals surface area contributed by atoms with E-state index in [1.165, 1.54) is 18.2 Å². The molecule has 0 saturated carbocycles. The van der Waals surface area contributed by atoms with Crippen molar-refractivity contribution in [3.63, 3.8) is 0 Å². The lowest BCUT2D eigenvalue weighted by atomic mass is 10.1. The van der Waals surface area contributed by atoms with E-state index in [4.69, 9.17) is 5.26 Å². The third-order valence-corrected chi connectivity index (χ3v) is 3.55. The van der Waals surface area contributed by atoms with Crippen LogP contribution in [0.1, 0.15) is 21.6 Å². The molecule has 124 valence electrons. The maximum Gasteiger partial charge on any atom is 0.416 e. The Kier molecular flexibility index (Phi) is 4.11. The Morgan fingerprint density at radius 3 is 2.40 bits per heavy atom. The quantitative estimate of drug-likeness (QED) is 0.752. The molecule has 0 spiro atoms. The number of alkyl halides is 3. The summed E-state index contributed by atoms with van der Waals surface area (Å²) in [6, 6.07) is 14.2. The molecule has 0 radical (unpaired) electrons. The molecule has 0 aliphatic carbocycles. The number of halogens is 3. The molecule has 1 N–H and O–H groups in total. The number of nitrogens with zero attached hydrogens (tertiary/aromatic N) is 2. The van der Waals surface area contributed by atoms with Crippen molar-refractivity contribution in [2.24, 2.45) is 0 Å². The first-order chi connectivity index (χ1) is 11.9. The van der Waals surface area contributed by atoms with Crippen LogP contribution in [-0.2, 0) is 6.18 Å². The van der Waals surface area contributed by atoms with Crippen LogP contribution < -0.4 is 5.32 Å². The molecule has 3 rings (SSSR count). The van der Waals surface area contributed by atoms with Crippen LogP contribution >= 0.6 is 0 Å². The Bertz CT molecular complexity index is 989. The molecular weight excluding hydrogens is 331 g/mol. The van der Waals surface area contributed by atoms with Gasteiger partial charge in [0.2, 0.25) is 0 Å². The molecule has 2 aromatic carbocycles. The monoisotopic (exact) mass is 341 g/mol. The van der Waals surface area contributed by atoms with Gasteiger partial charge < -0.3 is 5.32 Å². The maximum atomic E-state index is 12.6. The molecule has 0 aliphatic rings. The number of pyridine rings is 1. The van der Waals surface area contributed by atoms with E-state index < -0.39 is 17.6 Å². The van der Waals surface area contributed by atoms with Crippen LogP contribution in [0.5, 0.6) is 0 Å². The van der Waals surface area contributed by atoms with Crippen molar-refractivity contribution in [3.8, 4) is 6.07 Å². The average Bonchev–Trinajstić information content (AvgIpc) is 2.60. The Hall–Kier alpha value is -3.40. The topological polar surface area (TPSA) is 65.8 Å². The van der Waals surface area contributed by atoms with E-state index in [0.29, 0.717) is 10.9 Å². The van der Waals surface area contributed by atoms with Crippen molar-refractivity contribution in [1.29, 1.82) is 5.26 Å². The van der Waals surface area contributed by atoms with Gasteiger partial charge in [0, 0.05) is 11.1 Å². The number of nitriles is 1. The fourth-order valence-electron chi connectivity index (χ4n) is 2.33. The lowest BCUT2D eigenvalue weighted by Crippen LogP contribution is -2.13. The van der Waals surface area contributed by atoms with Crippen molar-refractivity contribution in [3.05, 3.63) is 71.4 Å². The zero-order valence-corrected chi connectivity index (χ0v) is 12.6. The van der Waals surface area contributed by atoms with Crippen molar-refractivity contribution in [1.82, 2.24) is 4.98 Å². The lowest BCUT2D eigenvalue weighted by molar-refractivity contribution is -0.137. The number of hydrogen-bond acceptors (Lipinski definition) is 3. The number of rotatable bonds is 2.